The van der Waals surface area contributed by atoms with Crippen molar-refractivity contribution in [2.45, 2.75) is 19.5 Å². The minimum Gasteiger partial charge on any atom is -0.384 e. The van der Waals surface area contributed by atoms with Crippen LogP contribution in [0.4, 0.5) is 8.78 Å². The number of alkyl halides is 2. The molecule has 0 atom stereocenters. The number of aliphatic hydroxyl groups excluding tert-OH is 1. The molecule has 0 aromatic heterocycles. The monoisotopic (exact) mass is 248 g/mol. The van der Waals surface area contributed by atoms with E-state index in [1.807, 2.05) is 0 Å². The maximum absolute atomic E-state index is 12.6. The van der Waals surface area contributed by atoms with Crippen LogP contribution >= 0.6 is 0 Å². The van der Waals surface area contributed by atoms with Crippen LogP contribution in [0.2, 0.25) is 0 Å². The minimum atomic E-state index is -0.858. The van der Waals surface area contributed by atoms with Crippen LogP contribution in [0.3, 0.4) is 0 Å². The predicted molar refractivity (Wildman–Crippen MR) is 66.6 cm³/mol. The van der Waals surface area contributed by atoms with Crippen LogP contribution < -0.4 is 0 Å². The molecule has 0 saturated heterocycles. The van der Waals surface area contributed by atoms with Crippen LogP contribution in [0.1, 0.15) is 28.4 Å². The number of rotatable bonds is 4. The van der Waals surface area contributed by atoms with E-state index < -0.39 is 19.5 Å². The van der Waals surface area contributed by atoms with E-state index in [4.69, 9.17) is 0 Å². The van der Waals surface area contributed by atoms with Gasteiger partial charge in [-0.2, -0.15) is 0 Å². The highest BCUT2D eigenvalue weighted by Gasteiger charge is 2.11. The maximum Gasteiger partial charge on any atom is 0.115 e. The molecule has 0 radical (unpaired) electrons. The lowest BCUT2D eigenvalue weighted by Crippen LogP contribution is -2.00. The molecule has 1 nitrogen and oxygen atoms in total. The largest absolute Gasteiger partial charge is 0.384 e. The number of benzene rings is 2. The van der Waals surface area contributed by atoms with Crippen LogP contribution in [0.25, 0.3) is 0 Å². The average molecular weight is 248 g/mol. The normalized spacial score (nSPS) is 10.9. The molecule has 0 unspecified atom stereocenters. The summed E-state index contributed by atoms with van der Waals surface area (Å²) in [7, 11) is 0. The highest BCUT2D eigenvalue weighted by atomic mass is 19.1. The summed E-state index contributed by atoms with van der Waals surface area (Å²) in [5.41, 5.74) is 2.27. The van der Waals surface area contributed by atoms with E-state index in [0.717, 1.165) is 0 Å². The van der Waals surface area contributed by atoms with Crippen LogP contribution in [-0.4, -0.2) is 5.11 Å². The lowest BCUT2D eigenvalue weighted by Gasteiger charge is -2.13. The van der Waals surface area contributed by atoms with Gasteiger partial charge in [0.25, 0.3) is 0 Å². The third-order valence-electron chi connectivity index (χ3n) is 2.84. The molecule has 0 spiro atoms. The summed E-state index contributed by atoms with van der Waals surface area (Å²) in [5.74, 6) is 0. The van der Waals surface area contributed by atoms with Crippen LogP contribution in [-0.2, 0) is 13.3 Å². The standard InChI is InChI=1S/C15H14F2O/c16-9-11-3-1-5-13(7-11)15(18)14-6-2-4-12(8-14)10-17/h1-8,15,18H,9-10H2. The van der Waals surface area contributed by atoms with E-state index in [9.17, 15) is 13.9 Å². The topological polar surface area (TPSA) is 20.2 Å². The molecule has 2 aromatic rings. The Morgan fingerprint density at radius 2 is 1.28 bits per heavy atom. The fraction of sp³-hybridized carbons (Fsp3) is 0.200. The lowest BCUT2D eigenvalue weighted by atomic mass is 9.98. The van der Waals surface area contributed by atoms with Gasteiger partial charge in [-0.15, -0.1) is 0 Å². The van der Waals surface area contributed by atoms with Crippen molar-refractivity contribution < 1.29 is 13.9 Å². The van der Waals surface area contributed by atoms with Gasteiger partial charge in [-0.05, 0) is 22.3 Å². The van der Waals surface area contributed by atoms with E-state index in [2.05, 4.69) is 0 Å². The van der Waals surface area contributed by atoms with Gasteiger partial charge in [-0.25, -0.2) is 8.78 Å². The van der Waals surface area contributed by atoms with Crippen LogP contribution in [0, 0.1) is 0 Å². The zero-order valence-corrected chi connectivity index (χ0v) is 9.81. The molecule has 0 amide bonds. The summed E-state index contributed by atoms with van der Waals surface area (Å²) in [4.78, 5) is 0. The Balaban J connectivity index is 2.31. The average Bonchev–Trinajstić information content (AvgIpc) is 2.46. The maximum atomic E-state index is 12.6. The molecule has 2 rings (SSSR count). The molecular weight excluding hydrogens is 234 g/mol. The van der Waals surface area contributed by atoms with Crippen molar-refractivity contribution in [2.75, 3.05) is 0 Å². The van der Waals surface area contributed by atoms with Gasteiger partial charge in [0.1, 0.15) is 19.5 Å². The number of hydrogen-bond acceptors (Lipinski definition) is 1. The molecule has 0 fully saturated rings. The second kappa shape index (κ2) is 5.74. The zero-order chi connectivity index (χ0) is 13.0. The fourth-order valence-electron chi connectivity index (χ4n) is 1.89. The first kappa shape index (κ1) is 12.7. The van der Waals surface area contributed by atoms with Crippen molar-refractivity contribution in [1.82, 2.24) is 0 Å². The predicted octanol–water partition coefficient (Wildman–Crippen LogP) is 3.71. The van der Waals surface area contributed by atoms with Crippen LogP contribution in [0.5, 0.6) is 0 Å². The second-order valence-electron chi connectivity index (χ2n) is 4.16. The Morgan fingerprint density at radius 1 is 0.833 bits per heavy atom. The molecule has 1 N–H and O–H groups in total. The smallest absolute Gasteiger partial charge is 0.115 e. The SMILES string of the molecule is OC(c1cccc(CF)c1)c1cccc(CF)c1. The van der Waals surface area contributed by atoms with Crippen molar-refractivity contribution in [3.05, 3.63) is 70.8 Å². The summed E-state index contributed by atoms with van der Waals surface area (Å²) in [6.07, 6.45) is -0.858. The molecular formula is C15H14F2O. The number of aliphatic hydroxyl groups is 1. The summed E-state index contributed by atoms with van der Waals surface area (Å²) in [6, 6.07) is 13.4. The van der Waals surface area contributed by atoms with Crippen molar-refractivity contribution >= 4 is 0 Å². The van der Waals surface area contributed by atoms with E-state index >= 15 is 0 Å². The molecule has 0 aliphatic carbocycles. The summed E-state index contributed by atoms with van der Waals surface area (Å²) >= 11 is 0. The molecule has 0 aliphatic rings. The van der Waals surface area contributed by atoms with Crippen molar-refractivity contribution in [3.63, 3.8) is 0 Å². The Hall–Kier alpha value is -1.74. The Labute approximate surface area is 105 Å². The van der Waals surface area contributed by atoms with E-state index in [1.165, 1.54) is 0 Å². The van der Waals surface area contributed by atoms with Crippen molar-refractivity contribution in [1.29, 1.82) is 0 Å². The van der Waals surface area contributed by atoms with Gasteiger partial charge in [-0.1, -0.05) is 48.5 Å². The molecule has 0 aliphatic heterocycles. The van der Waals surface area contributed by atoms with Gasteiger partial charge in [0.15, 0.2) is 0 Å². The molecule has 0 saturated carbocycles. The molecule has 0 bridgehead atoms. The minimum absolute atomic E-state index is 0.521. The Morgan fingerprint density at radius 3 is 1.67 bits per heavy atom. The van der Waals surface area contributed by atoms with E-state index in [1.54, 1.807) is 48.5 Å². The third-order valence-corrected chi connectivity index (χ3v) is 2.84. The van der Waals surface area contributed by atoms with Gasteiger partial charge >= 0.3 is 0 Å². The van der Waals surface area contributed by atoms with Gasteiger partial charge in [0.05, 0.1) is 0 Å². The molecule has 2 aromatic carbocycles. The third kappa shape index (κ3) is 2.74. The van der Waals surface area contributed by atoms with Gasteiger partial charge in [0.2, 0.25) is 0 Å². The van der Waals surface area contributed by atoms with E-state index in [0.29, 0.717) is 22.3 Å². The number of halogens is 2. The van der Waals surface area contributed by atoms with E-state index in [-0.39, 0.29) is 0 Å². The summed E-state index contributed by atoms with van der Waals surface area (Å²) in [5, 5.41) is 10.2. The molecule has 0 heterocycles. The first-order valence-corrected chi connectivity index (χ1v) is 5.72. The Bertz CT molecular complexity index is 478. The number of hydrogen-bond donors (Lipinski definition) is 1. The van der Waals surface area contributed by atoms with Gasteiger partial charge in [-0.3, -0.25) is 0 Å². The molecule has 94 valence electrons. The first-order chi connectivity index (χ1) is 8.74. The Kier molecular flexibility index (Phi) is 4.05. The quantitative estimate of drug-likeness (QED) is 0.874. The van der Waals surface area contributed by atoms with Crippen molar-refractivity contribution in [2.24, 2.45) is 0 Å². The van der Waals surface area contributed by atoms with Crippen molar-refractivity contribution in [3.8, 4) is 0 Å². The second-order valence-corrected chi connectivity index (χ2v) is 4.16. The summed E-state index contributed by atoms with van der Waals surface area (Å²) in [6.45, 7) is -1.13. The first-order valence-electron chi connectivity index (χ1n) is 5.72. The summed E-state index contributed by atoms with van der Waals surface area (Å²) < 4.78 is 25.1. The highest BCUT2D eigenvalue weighted by molar-refractivity contribution is 5.34. The highest BCUT2D eigenvalue weighted by Crippen LogP contribution is 2.24. The fourth-order valence-corrected chi connectivity index (χ4v) is 1.89. The van der Waals surface area contributed by atoms with Gasteiger partial charge in [0, 0.05) is 0 Å². The van der Waals surface area contributed by atoms with Crippen LogP contribution in [0.15, 0.2) is 48.5 Å². The zero-order valence-electron chi connectivity index (χ0n) is 9.81. The van der Waals surface area contributed by atoms with Gasteiger partial charge < -0.3 is 5.11 Å². The molecule has 3 heteroatoms. The molecule has 18 heavy (non-hydrogen) atoms. The lowest BCUT2D eigenvalue weighted by molar-refractivity contribution is 0.220.